The number of hydrogen-bond donors (Lipinski definition) is 0. The first-order chi connectivity index (χ1) is 11.1. The van der Waals surface area contributed by atoms with Crippen molar-refractivity contribution in [3.05, 3.63) is 39.4 Å². The van der Waals surface area contributed by atoms with Crippen molar-refractivity contribution in [2.45, 2.75) is 51.2 Å². The summed E-state index contributed by atoms with van der Waals surface area (Å²) >= 11 is 0. The molecule has 0 unspecified atom stereocenters. The van der Waals surface area contributed by atoms with Gasteiger partial charge in [0.2, 0.25) is 0 Å². The van der Waals surface area contributed by atoms with E-state index in [-0.39, 0.29) is 22.4 Å². The molecule has 3 rings (SSSR count). The van der Waals surface area contributed by atoms with Crippen LogP contribution in [0.2, 0.25) is 0 Å². The number of benzene rings is 1. The SMILES string of the molecule is CC(C)(C)S(=O)(=O)/N=C1/[C@@H]2CC[C@H]1Cc1cc([N+](=O)[O-])ccc1C2. The van der Waals surface area contributed by atoms with Crippen LogP contribution in [0.1, 0.15) is 44.7 Å². The fourth-order valence-corrected chi connectivity index (χ4v) is 4.37. The molecule has 6 nitrogen and oxygen atoms in total. The van der Waals surface area contributed by atoms with E-state index in [1.807, 2.05) is 6.07 Å². The van der Waals surface area contributed by atoms with Crippen molar-refractivity contribution in [2.75, 3.05) is 0 Å². The van der Waals surface area contributed by atoms with Gasteiger partial charge in [-0.3, -0.25) is 10.1 Å². The molecule has 2 aliphatic rings. The summed E-state index contributed by atoms with van der Waals surface area (Å²) < 4.78 is 28.3. The minimum atomic E-state index is -3.57. The van der Waals surface area contributed by atoms with Crippen molar-refractivity contribution in [2.24, 2.45) is 16.2 Å². The fourth-order valence-electron chi connectivity index (χ4n) is 3.52. The number of fused-ring (bicyclic) bond motifs is 3. The van der Waals surface area contributed by atoms with E-state index in [2.05, 4.69) is 4.40 Å². The van der Waals surface area contributed by atoms with E-state index in [0.29, 0.717) is 12.8 Å². The molecule has 130 valence electrons. The number of nitro groups is 1. The van der Waals surface area contributed by atoms with E-state index in [0.717, 1.165) is 29.7 Å². The third-order valence-electron chi connectivity index (χ3n) is 5.03. The van der Waals surface area contributed by atoms with Crippen molar-refractivity contribution in [3.8, 4) is 0 Å². The minimum absolute atomic E-state index is 0.0652. The van der Waals surface area contributed by atoms with Crippen molar-refractivity contribution in [1.29, 1.82) is 0 Å². The zero-order chi connectivity index (χ0) is 17.7. The molecule has 0 amide bonds. The number of nitrogens with zero attached hydrogens (tertiary/aromatic N) is 2. The maximum Gasteiger partial charge on any atom is 0.269 e. The second kappa shape index (κ2) is 5.65. The summed E-state index contributed by atoms with van der Waals surface area (Å²) in [5, 5.41) is 11.0. The first-order valence-corrected chi connectivity index (χ1v) is 9.63. The van der Waals surface area contributed by atoms with Gasteiger partial charge >= 0.3 is 0 Å². The lowest BCUT2D eigenvalue weighted by molar-refractivity contribution is -0.384. The molecule has 2 bridgehead atoms. The average molecular weight is 350 g/mol. The van der Waals surface area contributed by atoms with Gasteiger partial charge in [-0.2, -0.15) is 4.40 Å². The van der Waals surface area contributed by atoms with Crippen LogP contribution in [0.5, 0.6) is 0 Å². The molecule has 0 N–H and O–H groups in total. The minimum Gasteiger partial charge on any atom is -0.258 e. The van der Waals surface area contributed by atoms with Crippen LogP contribution in [-0.2, 0) is 22.9 Å². The second-order valence-corrected chi connectivity index (χ2v) is 10.1. The quantitative estimate of drug-likeness (QED) is 0.604. The van der Waals surface area contributed by atoms with Crippen LogP contribution in [0.25, 0.3) is 0 Å². The van der Waals surface area contributed by atoms with Crippen LogP contribution in [0.3, 0.4) is 0 Å². The molecule has 0 heterocycles. The van der Waals surface area contributed by atoms with Gasteiger partial charge in [-0.25, -0.2) is 8.42 Å². The fraction of sp³-hybridized carbons (Fsp3) is 0.588. The Morgan fingerprint density at radius 1 is 1.12 bits per heavy atom. The molecule has 2 atom stereocenters. The Bertz CT molecular complexity index is 821. The highest BCUT2D eigenvalue weighted by molar-refractivity contribution is 7.91. The topological polar surface area (TPSA) is 89.6 Å². The Labute approximate surface area is 142 Å². The molecule has 0 saturated heterocycles. The van der Waals surface area contributed by atoms with E-state index < -0.39 is 14.8 Å². The lowest BCUT2D eigenvalue weighted by Gasteiger charge is -2.18. The van der Waals surface area contributed by atoms with Gasteiger partial charge < -0.3 is 0 Å². The molecule has 0 aromatic heterocycles. The van der Waals surface area contributed by atoms with Crippen LogP contribution in [0.4, 0.5) is 5.69 Å². The highest BCUT2D eigenvalue weighted by Crippen LogP contribution is 2.39. The van der Waals surface area contributed by atoms with E-state index in [4.69, 9.17) is 0 Å². The average Bonchev–Trinajstić information content (AvgIpc) is 2.72. The summed E-state index contributed by atoms with van der Waals surface area (Å²) in [6.45, 7) is 4.97. The summed E-state index contributed by atoms with van der Waals surface area (Å²) in [6.07, 6.45) is 3.17. The lowest BCUT2D eigenvalue weighted by Crippen LogP contribution is -2.28. The summed E-state index contributed by atoms with van der Waals surface area (Å²) in [5.41, 5.74) is 2.89. The molecule has 1 fully saturated rings. The van der Waals surface area contributed by atoms with Gasteiger partial charge in [0.05, 0.1) is 9.67 Å². The lowest BCUT2D eigenvalue weighted by atomic mass is 9.93. The Hall–Kier alpha value is -1.76. The number of rotatable bonds is 2. The first kappa shape index (κ1) is 17.1. The summed E-state index contributed by atoms with van der Waals surface area (Å²) in [7, 11) is -3.57. The van der Waals surface area contributed by atoms with Gasteiger partial charge in [0.15, 0.2) is 0 Å². The van der Waals surface area contributed by atoms with Gasteiger partial charge in [0.1, 0.15) is 0 Å². The van der Waals surface area contributed by atoms with Gasteiger partial charge in [0, 0.05) is 29.7 Å². The highest BCUT2D eigenvalue weighted by Gasteiger charge is 2.39. The Kier molecular flexibility index (Phi) is 4.02. The Balaban J connectivity index is 2.00. The Morgan fingerprint density at radius 2 is 1.71 bits per heavy atom. The molecule has 2 aliphatic carbocycles. The molecule has 0 radical (unpaired) electrons. The van der Waals surface area contributed by atoms with E-state index in [9.17, 15) is 18.5 Å². The predicted molar refractivity (Wildman–Crippen MR) is 92.8 cm³/mol. The van der Waals surface area contributed by atoms with Crippen molar-refractivity contribution < 1.29 is 13.3 Å². The molecule has 1 aromatic rings. The zero-order valence-corrected chi connectivity index (χ0v) is 15.0. The molecule has 24 heavy (non-hydrogen) atoms. The van der Waals surface area contributed by atoms with Gasteiger partial charge in [-0.15, -0.1) is 0 Å². The third kappa shape index (κ3) is 2.97. The third-order valence-corrected chi connectivity index (χ3v) is 7.03. The zero-order valence-electron chi connectivity index (χ0n) is 14.2. The van der Waals surface area contributed by atoms with Gasteiger partial charge in [-0.05, 0) is 57.6 Å². The van der Waals surface area contributed by atoms with Crippen LogP contribution in [0, 0.1) is 22.0 Å². The standard InChI is InChI=1S/C17H22N2O4S/c1-17(2,3)24(22,23)18-16-12-4-5-13(16)9-14-10-15(19(20)21)7-6-11(14)8-12/h6-7,10,12-13H,4-5,8-9H2,1-3H3/b18-16-/t12-,13+/m1/s1. The number of nitro benzene ring substituents is 1. The molecular weight excluding hydrogens is 328 g/mol. The van der Waals surface area contributed by atoms with Crippen molar-refractivity contribution in [3.63, 3.8) is 0 Å². The van der Waals surface area contributed by atoms with Crippen LogP contribution in [-0.4, -0.2) is 23.8 Å². The molecule has 1 saturated carbocycles. The predicted octanol–water partition coefficient (Wildman–Crippen LogP) is 3.29. The van der Waals surface area contributed by atoms with E-state index >= 15 is 0 Å². The van der Waals surface area contributed by atoms with E-state index in [1.54, 1.807) is 26.8 Å². The Morgan fingerprint density at radius 3 is 2.25 bits per heavy atom. The number of non-ortho nitro benzene ring substituents is 1. The summed E-state index contributed by atoms with van der Waals surface area (Å²) in [4.78, 5) is 10.6. The number of hydrogen-bond acceptors (Lipinski definition) is 4. The first-order valence-electron chi connectivity index (χ1n) is 8.19. The largest absolute Gasteiger partial charge is 0.269 e. The van der Waals surface area contributed by atoms with Crippen LogP contribution in [0.15, 0.2) is 22.6 Å². The van der Waals surface area contributed by atoms with Gasteiger partial charge in [0.25, 0.3) is 15.7 Å². The maximum atomic E-state index is 12.5. The molecule has 7 heteroatoms. The van der Waals surface area contributed by atoms with Crippen molar-refractivity contribution in [1.82, 2.24) is 0 Å². The molecule has 0 spiro atoms. The molecule has 1 aromatic carbocycles. The molecule has 0 aliphatic heterocycles. The monoisotopic (exact) mass is 350 g/mol. The number of sulfonamides is 1. The normalized spacial score (nSPS) is 25.4. The van der Waals surface area contributed by atoms with Crippen LogP contribution < -0.4 is 0 Å². The second-order valence-electron chi connectivity index (χ2n) is 7.69. The van der Waals surface area contributed by atoms with E-state index in [1.165, 1.54) is 6.07 Å². The molecular formula is C17H22N2O4S. The summed E-state index contributed by atoms with van der Waals surface area (Å²) in [6, 6.07) is 4.97. The van der Waals surface area contributed by atoms with Crippen LogP contribution >= 0.6 is 0 Å². The van der Waals surface area contributed by atoms with Gasteiger partial charge in [-0.1, -0.05) is 6.07 Å². The maximum absolute atomic E-state index is 12.5. The highest BCUT2D eigenvalue weighted by atomic mass is 32.2. The van der Waals surface area contributed by atoms with Crippen molar-refractivity contribution >= 4 is 21.4 Å². The smallest absolute Gasteiger partial charge is 0.258 e. The summed E-state index contributed by atoms with van der Waals surface area (Å²) in [5.74, 6) is 0.185.